The molecule has 3 aromatic carbocycles. The van der Waals surface area contributed by atoms with E-state index in [9.17, 15) is 17.6 Å². The van der Waals surface area contributed by atoms with E-state index >= 15 is 0 Å². The second kappa shape index (κ2) is 9.23. The third-order valence-electron chi connectivity index (χ3n) is 4.49. The Labute approximate surface area is 185 Å². The van der Waals surface area contributed by atoms with E-state index in [4.69, 9.17) is 12.2 Å². The lowest BCUT2D eigenvalue weighted by molar-refractivity contribution is 0.0974. The van der Waals surface area contributed by atoms with E-state index in [1.54, 1.807) is 6.07 Å². The zero-order valence-electron chi connectivity index (χ0n) is 16.8. The molecule has 1 amide bonds. The quantitative estimate of drug-likeness (QED) is 0.495. The van der Waals surface area contributed by atoms with E-state index in [-0.39, 0.29) is 15.6 Å². The zero-order chi connectivity index (χ0) is 22.6. The number of carbonyl (C=O) groups is 1. The molecule has 0 spiro atoms. The Bertz CT molecular complexity index is 1220. The molecule has 0 aliphatic rings. The van der Waals surface area contributed by atoms with Gasteiger partial charge in [-0.15, -0.1) is 0 Å². The van der Waals surface area contributed by atoms with Crippen LogP contribution in [-0.2, 0) is 10.0 Å². The molecule has 3 rings (SSSR count). The number of sulfonamides is 1. The molecule has 0 saturated heterocycles. The summed E-state index contributed by atoms with van der Waals surface area (Å²) in [5.74, 6) is -1.35. The van der Waals surface area contributed by atoms with Crippen LogP contribution in [0.4, 0.5) is 15.8 Å². The highest BCUT2D eigenvalue weighted by atomic mass is 32.2. The average Bonchev–Trinajstić information content (AvgIpc) is 2.71. The van der Waals surface area contributed by atoms with Gasteiger partial charge in [0.05, 0.1) is 16.1 Å². The van der Waals surface area contributed by atoms with Crippen molar-refractivity contribution in [3.05, 3.63) is 89.2 Å². The SMILES string of the molecule is Cc1cccc(C)c1NS(=O)(=O)c1ccc(NC(=S)NC(=O)c2ccccc2F)cc1. The van der Waals surface area contributed by atoms with Crippen molar-refractivity contribution in [2.45, 2.75) is 18.7 Å². The van der Waals surface area contributed by atoms with E-state index in [1.165, 1.54) is 42.5 Å². The fraction of sp³-hybridized carbons (Fsp3) is 0.0909. The summed E-state index contributed by atoms with van der Waals surface area (Å²) in [4.78, 5) is 12.2. The lowest BCUT2D eigenvalue weighted by Gasteiger charge is -2.14. The molecule has 0 aliphatic heterocycles. The van der Waals surface area contributed by atoms with Gasteiger partial charge >= 0.3 is 0 Å². The molecule has 0 fully saturated rings. The molecule has 0 saturated carbocycles. The van der Waals surface area contributed by atoms with Crippen molar-refractivity contribution in [3.63, 3.8) is 0 Å². The Morgan fingerprint density at radius 2 is 1.52 bits per heavy atom. The maximum absolute atomic E-state index is 13.7. The minimum atomic E-state index is -3.79. The molecular formula is C22H20FN3O3S2. The number of para-hydroxylation sites is 1. The second-order valence-electron chi connectivity index (χ2n) is 6.78. The standard InChI is InChI=1S/C22H20FN3O3S2/c1-14-6-5-7-15(2)20(14)26-31(28,29)17-12-10-16(11-13-17)24-22(30)25-21(27)18-8-3-4-9-19(18)23/h3-13,26H,1-2H3,(H2,24,25,27,30). The lowest BCUT2D eigenvalue weighted by Crippen LogP contribution is -2.34. The van der Waals surface area contributed by atoms with Gasteiger partial charge in [-0.05, 0) is 73.6 Å². The summed E-state index contributed by atoms with van der Waals surface area (Å²) in [6.45, 7) is 3.66. The molecule has 3 aromatic rings. The molecular weight excluding hydrogens is 437 g/mol. The zero-order valence-corrected chi connectivity index (χ0v) is 18.4. The molecule has 6 nitrogen and oxygen atoms in total. The van der Waals surface area contributed by atoms with Gasteiger partial charge in [-0.1, -0.05) is 30.3 Å². The first-order valence-corrected chi connectivity index (χ1v) is 11.1. The number of halogens is 1. The van der Waals surface area contributed by atoms with Crippen LogP contribution in [0.2, 0.25) is 0 Å². The highest BCUT2D eigenvalue weighted by Gasteiger charge is 2.17. The highest BCUT2D eigenvalue weighted by Crippen LogP contribution is 2.24. The van der Waals surface area contributed by atoms with E-state index in [0.717, 1.165) is 11.1 Å². The lowest BCUT2D eigenvalue weighted by atomic mass is 10.1. The van der Waals surface area contributed by atoms with E-state index in [2.05, 4.69) is 15.4 Å². The van der Waals surface area contributed by atoms with Gasteiger partial charge in [0.25, 0.3) is 15.9 Å². The summed E-state index contributed by atoms with van der Waals surface area (Å²) in [6, 6.07) is 16.9. The molecule has 0 atom stereocenters. The van der Waals surface area contributed by atoms with Crippen LogP contribution in [0.25, 0.3) is 0 Å². The van der Waals surface area contributed by atoms with Gasteiger partial charge in [-0.25, -0.2) is 12.8 Å². The van der Waals surface area contributed by atoms with Crippen LogP contribution in [0.5, 0.6) is 0 Å². The van der Waals surface area contributed by atoms with Crippen molar-refractivity contribution in [3.8, 4) is 0 Å². The highest BCUT2D eigenvalue weighted by molar-refractivity contribution is 7.92. The van der Waals surface area contributed by atoms with Gasteiger partial charge in [0, 0.05) is 5.69 Å². The van der Waals surface area contributed by atoms with Crippen LogP contribution >= 0.6 is 12.2 Å². The number of thiocarbonyl (C=S) groups is 1. The number of amides is 1. The number of hydrogen-bond donors (Lipinski definition) is 3. The van der Waals surface area contributed by atoms with Crippen molar-refractivity contribution in [2.75, 3.05) is 10.0 Å². The Balaban J connectivity index is 1.67. The summed E-state index contributed by atoms with van der Waals surface area (Å²) < 4.78 is 41.8. The largest absolute Gasteiger partial charge is 0.332 e. The van der Waals surface area contributed by atoms with E-state index in [0.29, 0.717) is 11.4 Å². The molecule has 0 aliphatic carbocycles. The summed E-state index contributed by atoms with van der Waals surface area (Å²) in [5, 5.41) is 5.11. The van der Waals surface area contributed by atoms with Crippen LogP contribution in [0.15, 0.2) is 71.6 Å². The van der Waals surface area contributed by atoms with Crippen LogP contribution in [-0.4, -0.2) is 19.4 Å². The normalized spacial score (nSPS) is 10.9. The summed E-state index contributed by atoms with van der Waals surface area (Å²) in [7, 11) is -3.79. The van der Waals surface area contributed by atoms with Crippen LogP contribution in [0.1, 0.15) is 21.5 Å². The Morgan fingerprint density at radius 3 is 2.13 bits per heavy atom. The van der Waals surface area contributed by atoms with Gasteiger partial charge in [0.15, 0.2) is 5.11 Å². The Morgan fingerprint density at radius 1 is 0.903 bits per heavy atom. The predicted molar refractivity (Wildman–Crippen MR) is 123 cm³/mol. The van der Waals surface area contributed by atoms with Gasteiger partial charge in [0.2, 0.25) is 0 Å². The Kier molecular flexibility index (Phi) is 6.67. The topological polar surface area (TPSA) is 87.3 Å². The molecule has 9 heteroatoms. The summed E-state index contributed by atoms with van der Waals surface area (Å²) in [5.41, 5.74) is 2.51. The number of rotatable bonds is 5. The van der Waals surface area contributed by atoms with Gasteiger partial charge in [-0.2, -0.15) is 0 Å². The third kappa shape index (κ3) is 5.44. The minimum Gasteiger partial charge on any atom is -0.332 e. The number of aryl methyl sites for hydroxylation is 2. The fourth-order valence-electron chi connectivity index (χ4n) is 2.86. The monoisotopic (exact) mass is 457 g/mol. The molecule has 3 N–H and O–H groups in total. The Hall–Kier alpha value is -3.30. The first-order chi connectivity index (χ1) is 14.7. The molecule has 160 valence electrons. The number of nitrogens with one attached hydrogen (secondary N) is 3. The molecule has 31 heavy (non-hydrogen) atoms. The number of carbonyl (C=O) groups excluding carboxylic acids is 1. The third-order valence-corrected chi connectivity index (χ3v) is 6.06. The predicted octanol–water partition coefficient (Wildman–Crippen LogP) is 4.37. The molecule has 0 unspecified atom stereocenters. The van der Waals surface area contributed by atoms with Crippen molar-refractivity contribution >= 4 is 44.6 Å². The first kappa shape index (κ1) is 22.4. The van der Waals surface area contributed by atoms with Crippen molar-refractivity contribution in [2.24, 2.45) is 0 Å². The molecule has 0 aromatic heterocycles. The fourth-order valence-corrected chi connectivity index (χ4v) is 4.28. The summed E-state index contributed by atoms with van der Waals surface area (Å²) in [6.07, 6.45) is 0. The van der Waals surface area contributed by atoms with Crippen LogP contribution < -0.4 is 15.4 Å². The van der Waals surface area contributed by atoms with Crippen molar-refractivity contribution < 1.29 is 17.6 Å². The molecule has 0 bridgehead atoms. The number of benzene rings is 3. The van der Waals surface area contributed by atoms with Gasteiger partial charge < -0.3 is 5.32 Å². The van der Waals surface area contributed by atoms with Crippen molar-refractivity contribution in [1.82, 2.24) is 5.32 Å². The van der Waals surface area contributed by atoms with Crippen LogP contribution in [0.3, 0.4) is 0 Å². The second-order valence-corrected chi connectivity index (χ2v) is 8.88. The van der Waals surface area contributed by atoms with E-state index < -0.39 is 21.7 Å². The van der Waals surface area contributed by atoms with Crippen LogP contribution in [0, 0.1) is 19.7 Å². The average molecular weight is 458 g/mol. The summed E-state index contributed by atoms with van der Waals surface area (Å²) >= 11 is 5.08. The van der Waals surface area contributed by atoms with E-state index in [1.807, 2.05) is 32.0 Å². The number of anilines is 2. The number of hydrogen-bond acceptors (Lipinski definition) is 4. The molecule has 0 radical (unpaired) electrons. The first-order valence-electron chi connectivity index (χ1n) is 9.23. The van der Waals surface area contributed by atoms with Gasteiger partial charge in [-0.3, -0.25) is 14.8 Å². The minimum absolute atomic E-state index is 0.0440. The molecule has 0 heterocycles. The van der Waals surface area contributed by atoms with Crippen molar-refractivity contribution in [1.29, 1.82) is 0 Å². The maximum Gasteiger partial charge on any atom is 0.261 e. The smallest absolute Gasteiger partial charge is 0.261 e. The van der Waals surface area contributed by atoms with Gasteiger partial charge in [0.1, 0.15) is 5.82 Å². The maximum atomic E-state index is 13.7.